The van der Waals surface area contributed by atoms with Gasteiger partial charge >= 0.3 is 0 Å². The molecule has 1 aromatic carbocycles. The predicted molar refractivity (Wildman–Crippen MR) is 44.1 cm³/mol. The maximum atomic E-state index is 12.8. The van der Waals surface area contributed by atoms with Crippen LogP contribution in [0.3, 0.4) is 0 Å². The fourth-order valence-electron chi connectivity index (χ4n) is 1.37. The maximum absolute atomic E-state index is 12.8. The number of alkyl halides is 1. The lowest BCUT2D eigenvalue weighted by molar-refractivity contribution is 0.397. The topological polar surface area (TPSA) is 0 Å². The van der Waals surface area contributed by atoms with E-state index in [0.717, 1.165) is 11.1 Å². The van der Waals surface area contributed by atoms with Gasteiger partial charge in [-0.1, -0.05) is 30.3 Å². The van der Waals surface area contributed by atoms with Crippen molar-refractivity contribution in [3.8, 4) is 0 Å². The third kappa shape index (κ3) is 1.18. The minimum atomic E-state index is -0.787. The molecule has 1 aliphatic carbocycles. The molecule has 1 aromatic rings. The molecule has 0 aliphatic heterocycles. The van der Waals surface area contributed by atoms with Crippen LogP contribution in [0.5, 0.6) is 0 Å². The molecular weight excluding hydrogens is 139 g/mol. The summed E-state index contributed by atoms with van der Waals surface area (Å²) in [6.07, 6.45) is 3.21. The molecule has 0 aromatic heterocycles. The Morgan fingerprint density at radius 1 is 1.27 bits per heavy atom. The standard InChI is InChI=1S/C10H9F/c11-10-6-5-8-3-1-2-4-9(8)7-10/h1-6,10H,7H2. The summed E-state index contributed by atoms with van der Waals surface area (Å²) < 4.78 is 12.8. The molecule has 0 radical (unpaired) electrons. The zero-order valence-corrected chi connectivity index (χ0v) is 6.13. The fourth-order valence-corrected chi connectivity index (χ4v) is 1.37. The summed E-state index contributed by atoms with van der Waals surface area (Å²) in [5.41, 5.74) is 2.27. The first-order valence-corrected chi connectivity index (χ1v) is 3.76. The minimum Gasteiger partial charge on any atom is -0.243 e. The third-order valence-corrected chi connectivity index (χ3v) is 1.95. The molecule has 0 N–H and O–H groups in total. The zero-order valence-electron chi connectivity index (χ0n) is 6.13. The van der Waals surface area contributed by atoms with Crippen LogP contribution >= 0.6 is 0 Å². The number of rotatable bonds is 0. The smallest absolute Gasteiger partial charge is 0.123 e. The van der Waals surface area contributed by atoms with Crippen LogP contribution < -0.4 is 0 Å². The van der Waals surface area contributed by atoms with E-state index in [1.807, 2.05) is 30.3 Å². The molecule has 1 unspecified atom stereocenters. The fraction of sp³-hybridized carbons (Fsp3) is 0.200. The Bertz CT molecular complexity index is 289. The summed E-state index contributed by atoms with van der Waals surface area (Å²) in [4.78, 5) is 0. The van der Waals surface area contributed by atoms with E-state index in [9.17, 15) is 4.39 Å². The first-order valence-electron chi connectivity index (χ1n) is 3.76. The molecule has 0 bridgehead atoms. The third-order valence-electron chi connectivity index (χ3n) is 1.95. The van der Waals surface area contributed by atoms with Crippen molar-refractivity contribution in [1.29, 1.82) is 0 Å². The van der Waals surface area contributed by atoms with E-state index >= 15 is 0 Å². The van der Waals surface area contributed by atoms with Crippen molar-refractivity contribution in [2.75, 3.05) is 0 Å². The molecule has 11 heavy (non-hydrogen) atoms. The average Bonchev–Trinajstić information content (AvgIpc) is 2.04. The highest BCUT2D eigenvalue weighted by molar-refractivity contribution is 5.57. The Morgan fingerprint density at radius 2 is 2.09 bits per heavy atom. The Labute approximate surface area is 65.4 Å². The number of benzene rings is 1. The summed E-state index contributed by atoms with van der Waals surface area (Å²) in [7, 11) is 0. The minimum absolute atomic E-state index is 0.534. The second kappa shape index (κ2) is 2.50. The molecule has 1 atom stereocenters. The molecule has 2 rings (SSSR count). The van der Waals surface area contributed by atoms with Crippen LogP contribution in [0.15, 0.2) is 30.3 Å². The summed E-state index contributed by atoms with van der Waals surface area (Å²) >= 11 is 0. The van der Waals surface area contributed by atoms with Gasteiger partial charge in [0.25, 0.3) is 0 Å². The lowest BCUT2D eigenvalue weighted by Gasteiger charge is -2.12. The second-order valence-corrected chi connectivity index (χ2v) is 2.78. The SMILES string of the molecule is FC1C=Cc2ccccc2C1. The molecule has 0 spiro atoms. The van der Waals surface area contributed by atoms with Gasteiger partial charge in [-0.25, -0.2) is 4.39 Å². The zero-order chi connectivity index (χ0) is 7.68. The molecule has 1 heteroatoms. The van der Waals surface area contributed by atoms with Gasteiger partial charge in [0.15, 0.2) is 0 Å². The highest BCUT2D eigenvalue weighted by Gasteiger charge is 2.10. The first-order chi connectivity index (χ1) is 5.36. The molecule has 1 aliphatic rings. The van der Waals surface area contributed by atoms with Crippen LogP contribution in [0.2, 0.25) is 0 Å². The Balaban J connectivity index is 2.46. The molecular formula is C10H9F. The van der Waals surface area contributed by atoms with Gasteiger partial charge in [-0.05, 0) is 17.2 Å². The van der Waals surface area contributed by atoms with E-state index in [1.165, 1.54) is 0 Å². The predicted octanol–water partition coefficient (Wildman–Crippen LogP) is 2.59. The monoisotopic (exact) mass is 148 g/mol. The number of hydrogen-bond donors (Lipinski definition) is 0. The first kappa shape index (κ1) is 6.59. The summed E-state index contributed by atoms with van der Waals surface area (Å²) in [6.45, 7) is 0. The molecule has 0 saturated carbocycles. The highest BCUT2D eigenvalue weighted by Crippen LogP contribution is 2.19. The van der Waals surface area contributed by atoms with Gasteiger partial charge in [-0.2, -0.15) is 0 Å². The Hall–Kier alpha value is -1.11. The van der Waals surface area contributed by atoms with Crippen molar-refractivity contribution in [3.05, 3.63) is 41.5 Å². The van der Waals surface area contributed by atoms with Gasteiger partial charge in [-0.15, -0.1) is 0 Å². The quantitative estimate of drug-likeness (QED) is 0.530. The van der Waals surface area contributed by atoms with E-state index in [2.05, 4.69) is 0 Å². The lowest BCUT2D eigenvalue weighted by atomic mass is 9.97. The van der Waals surface area contributed by atoms with Crippen molar-refractivity contribution >= 4 is 6.08 Å². The molecule has 0 saturated heterocycles. The Morgan fingerprint density at radius 3 is 3.00 bits per heavy atom. The van der Waals surface area contributed by atoms with Gasteiger partial charge in [0, 0.05) is 6.42 Å². The Kier molecular flexibility index (Phi) is 1.50. The van der Waals surface area contributed by atoms with E-state index in [4.69, 9.17) is 0 Å². The van der Waals surface area contributed by atoms with Crippen molar-refractivity contribution < 1.29 is 4.39 Å². The van der Waals surface area contributed by atoms with E-state index in [0.29, 0.717) is 6.42 Å². The molecule has 56 valence electrons. The number of allylic oxidation sites excluding steroid dienone is 1. The van der Waals surface area contributed by atoms with Gasteiger partial charge in [0.1, 0.15) is 6.17 Å². The van der Waals surface area contributed by atoms with E-state index in [1.54, 1.807) is 6.08 Å². The molecule has 0 nitrogen and oxygen atoms in total. The van der Waals surface area contributed by atoms with Crippen molar-refractivity contribution in [3.63, 3.8) is 0 Å². The lowest BCUT2D eigenvalue weighted by Crippen LogP contribution is -2.06. The van der Waals surface area contributed by atoms with Gasteiger partial charge < -0.3 is 0 Å². The maximum Gasteiger partial charge on any atom is 0.123 e. The van der Waals surface area contributed by atoms with Crippen LogP contribution in [0.4, 0.5) is 4.39 Å². The number of hydrogen-bond acceptors (Lipinski definition) is 0. The van der Waals surface area contributed by atoms with Gasteiger partial charge in [0.2, 0.25) is 0 Å². The second-order valence-electron chi connectivity index (χ2n) is 2.78. The van der Waals surface area contributed by atoms with Crippen LogP contribution in [0, 0.1) is 0 Å². The number of halogens is 1. The normalized spacial score (nSPS) is 21.4. The van der Waals surface area contributed by atoms with Crippen molar-refractivity contribution in [2.24, 2.45) is 0 Å². The van der Waals surface area contributed by atoms with Gasteiger partial charge in [0.05, 0.1) is 0 Å². The molecule has 0 heterocycles. The largest absolute Gasteiger partial charge is 0.243 e. The van der Waals surface area contributed by atoms with Crippen LogP contribution in [0.25, 0.3) is 6.08 Å². The van der Waals surface area contributed by atoms with E-state index < -0.39 is 6.17 Å². The highest BCUT2D eigenvalue weighted by atomic mass is 19.1. The average molecular weight is 148 g/mol. The van der Waals surface area contributed by atoms with Crippen LogP contribution in [-0.4, -0.2) is 6.17 Å². The van der Waals surface area contributed by atoms with Crippen LogP contribution in [-0.2, 0) is 6.42 Å². The van der Waals surface area contributed by atoms with Gasteiger partial charge in [-0.3, -0.25) is 0 Å². The van der Waals surface area contributed by atoms with E-state index in [-0.39, 0.29) is 0 Å². The van der Waals surface area contributed by atoms with Crippen molar-refractivity contribution in [1.82, 2.24) is 0 Å². The summed E-state index contributed by atoms with van der Waals surface area (Å²) in [6, 6.07) is 7.91. The van der Waals surface area contributed by atoms with Crippen molar-refractivity contribution in [2.45, 2.75) is 12.6 Å². The molecule has 0 amide bonds. The number of fused-ring (bicyclic) bond motifs is 1. The summed E-state index contributed by atoms with van der Waals surface area (Å²) in [5.74, 6) is 0. The van der Waals surface area contributed by atoms with Crippen LogP contribution in [0.1, 0.15) is 11.1 Å². The molecule has 0 fully saturated rings. The summed E-state index contributed by atoms with van der Waals surface area (Å²) in [5, 5.41) is 0.